The molecule has 2 aromatic heterocycles. The van der Waals surface area contributed by atoms with E-state index in [2.05, 4.69) is 26.5 Å². The smallest absolute Gasteiger partial charge is 0.177 e. The fourth-order valence-electron chi connectivity index (χ4n) is 1.53. The maximum Gasteiger partial charge on any atom is 0.177 e. The van der Waals surface area contributed by atoms with Crippen LogP contribution in [0.3, 0.4) is 0 Å². The zero-order valence-corrected chi connectivity index (χ0v) is 9.94. The molecule has 0 aliphatic heterocycles. The lowest BCUT2D eigenvalue weighted by molar-refractivity contribution is 1.29. The third-order valence-corrected chi connectivity index (χ3v) is 2.21. The quantitative estimate of drug-likeness (QED) is 0.818. The van der Waals surface area contributed by atoms with Gasteiger partial charge >= 0.3 is 0 Å². The van der Waals surface area contributed by atoms with Gasteiger partial charge in [0.25, 0.3) is 0 Å². The molecule has 17 heavy (non-hydrogen) atoms. The molecule has 0 amide bonds. The number of rotatable bonds is 3. The molecular formula is C13H14N4. The summed E-state index contributed by atoms with van der Waals surface area (Å²) in [6, 6.07) is 1.98. The van der Waals surface area contributed by atoms with Crippen molar-refractivity contribution in [1.29, 1.82) is 0 Å². The molecule has 0 aromatic carbocycles. The average molecular weight is 226 g/mol. The van der Waals surface area contributed by atoms with Crippen molar-refractivity contribution in [3.8, 4) is 0 Å². The van der Waals surface area contributed by atoms with E-state index >= 15 is 0 Å². The van der Waals surface area contributed by atoms with E-state index in [0.29, 0.717) is 5.65 Å². The van der Waals surface area contributed by atoms with E-state index in [1.807, 2.05) is 32.1 Å². The van der Waals surface area contributed by atoms with E-state index in [4.69, 9.17) is 0 Å². The molecule has 0 unspecified atom stereocenters. The number of aromatic nitrogens is 3. The zero-order valence-electron chi connectivity index (χ0n) is 9.94. The summed E-state index contributed by atoms with van der Waals surface area (Å²) in [6.45, 7) is 7.61. The van der Waals surface area contributed by atoms with Gasteiger partial charge in [-0.05, 0) is 26.0 Å². The van der Waals surface area contributed by atoms with E-state index in [1.54, 1.807) is 12.5 Å². The fourth-order valence-corrected chi connectivity index (χ4v) is 1.53. The fraction of sp³-hybridized carbons (Fsp3) is 0.154. The lowest BCUT2D eigenvalue weighted by Gasteiger charge is -2.01. The van der Waals surface area contributed by atoms with Crippen LogP contribution in [-0.4, -0.2) is 20.7 Å². The minimum absolute atomic E-state index is 0.712. The molecule has 0 atom stereocenters. The molecule has 0 bridgehead atoms. The standard InChI is InChI=1S/C13H14N4/c1-4-5-11(17-9(2)3)10-6-12-13(14-7-10)16-8-15-12/h4-8H,2H2,1,3H3,(H,14,15,16)/b5-4-,17-11?. The van der Waals surface area contributed by atoms with E-state index in [0.717, 1.165) is 22.5 Å². The van der Waals surface area contributed by atoms with Crippen LogP contribution < -0.4 is 0 Å². The van der Waals surface area contributed by atoms with Crippen LogP contribution in [0.1, 0.15) is 19.4 Å². The number of aromatic amines is 1. The minimum atomic E-state index is 0.712. The Labute approximate surface area is 99.8 Å². The van der Waals surface area contributed by atoms with Crippen LogP contribution in [0.2, 0.25) is 0 Å². The first-order chi connectivity index (χ1) is 8.20. The largest absolute Gasteiger partial charge is 0.343 e. The summed E-state index contributed by atoms with van der Waals surface area (Å²) in [5.74, 6) is 0. The molecule has 0 fully saturated rings. The highest BCUT2D eigenvalue weighted by molar-refractivity contribution is 6.10. The molecule has 0 saturated heterocycles. The third kappa shape index (κ3) is 2.47. The van der Waals surface area contributed by atoms with E-state index in [-0.39, 0.29) is 0 Å². The van der Waals surface area contributed by atoms with Gasteiger partial charge in [0.05, 0.1) is 17.6 Å². The second-order valence-electron chi connectivity index (χ2n) is 3.73. The lowest BCUT2D eigenvalue weighted by Crippen LogP contribution is -1.98. The van der Waals surface area contributed by atoms with E-state index in [9.17, 15) is 0 Å². The van der Waals surface area contributed by atoms with Crippen LogP contribution in [0, 0.1) is 0 Å². The molecule has 86 valence electrons. The maximum atomic E-state index is 4.39. The topological polar surface area (TPSA) is 53.9 Å². The van der Waals surface area contributed by atoms with Crippen molar-refractivity contribution in [3.63, 3.8) is 0 Å². The molecular weight excluding hydrogens is 212 g/mol. The predicted octanol–water partition coefficient (Wildman–Crippen LogP) is 2.86. The predicted molar refractivity (Wildman–Crippen MR) is 70.1 cm³/mol. The monoisotopic (exact) mass is 226 g/mol. The van der Waals surface area contributed by atoms with Crippen molar-refractivity contribution in [1.82, 2.24) is 15.0 Å². The number of H-pyrrole nitrogens is 1. The molecule has 0 aliphatic carbocycles. The highest BCUT2D eigenvalue weighted by Crippen LogP contribution is 2.11. The molecule has 2 heterocycles. The Kier molecular flexibility index (Phi) is 3.14. The Balaban J connectivity index is 2.51. The normalized spacial score (nSPS) is 12.5. The summed E-state index contributed by atoms with van der Waals surface area (Å²) >= 11 is 0. The van der Waals surface area contributed by atoms with Crippen molar-refractivity contribution in [2.75, 3.05) is 0 Å². The molecule has 2 rings (SSSR count). The van der Waals surface area contributed by atoms with Crippen LogP contribution in [0.25, 0.3) is 11.2 Å². The third-order valence-electron chi connectivity index (χ3n) is 2.21. The van der Waals surface area contributed by atoms with Gasteiger partial charge in [-0.25, -0.2) is 9.97 Å². The maximum absolute atomic E-state index is 4.39. The van der Waals surface area contributed by atoms with Crippen molar-refractivity contribution in [3.05, 3.63) is 48.6 Å². The number of aliphatic imine (C=N–C) groups is 1. The summed E-state index contributed by atoms with van der Waals surface area (Å²) in [5, 5.41) is 0. The SMILES string of the molecule is C=C(C)N=C(/C=C\C)c1cnc2nc[nH]c2c1. The molecule has 0 saturated carbocycles. The number of nitrogens with zero attached hydrogens (tertiary/aromatic N) is 3. The van der Waals surface area contributed by atoms with Gasteiger partial charge in [0, 0.05) is 17.5 Å². The summed E-state index contributed by atoms with van der Waals surface area (Å²) in [4.78, 5) is 15.8. The Morgan fingerprint density at radius 2 is 2.29 bits per heavy atom. The second-order valence-corrected chi connectivity index (χ2v) is 3.73. The Morgan fingerprint density at radius 3 is 3.00 bits per heavy atom. The van der Waals surface area contributed by atoms with Gasteiger partial charge in [0.15, 0.2) is 5.65 Å². The van der Waals surface area contributed by atoms with Gasteiger partial charge in [0.2, 0.25) is 0 Å². The first-order valence-electron chi connectivity index (χ1n) is 5.37. The van der Waals surface area contributed by atoms with Crippen LogP contribution in [0.15, 0.2) is 48.0 Å². The summed E-state index contributed by atoms with van der Waals surface area (Å²) in [6.07, 6.45) is 7.28. The first-order valence-corrected chi connectivity index (χ1v) is 5.37. The van der Waals surface area contributed by atoms with Crippen LogP contribution >= 0.6 is 0 Å². The number of hydrogen-bond acceptors (Lipinski definition) is 3. The van der Waals surface area contributed by atoms with E-state index in [1.165, 1.54) is 0 Å². The van der Waals surface area contributed by atoms with Crippen LogP contribution in [0.5, 0.6) is 0 Å². The molecule has 4 nitrogen and oxygen atoms in total. The minimum Gasteiger partial charge on any atom is -0.343 e. The van der Waals surface area contributed by atoms with Crippen LogP contribution in [0.4, 0.5) is 0 Å². The Morgan fingerprint density at radius 1 is 1.47 bits per heavy atom. The molecule has 0 spiro atoms. The van der Waals surface area contributed by atoms with Gasteiger partial charge in [-0.15, -0.1) is 0 Å². The van der Waals surface area contributed by atoms with E-state index < -0.39 is 0 Å². The van der Waals surface area contributed by atoms with Gasteiger partial charge in [-0.3, -0.25) is 4.99 Å². The average Bonchev–Trinajstić information content (AvgIpc) is 2.74. The van der Waals surface area contributed by atoms with Crippen molar-refractivity contribution >= 4 is 16.9 Å². The zero-order chi connectivity index (χ0) is 12.3. The number of imidazole rings is 1. The molecule has 2 aromatic rings. The van der Waals surface area contributed by atoms with Crippen molar-refractivity contribution in [2.45, 2.75) is 13.8 Å². The second kappa shape index (κ2) is 4.74. The molecule has 0 radical (unpaired) electrons. The van der Waals surface area contributed by atoms with Gasteiger partial charge in [-0.1, -0.05) is 12.7 Å². The number of fused-ring (bicyclic) bond motifs is 1. The number of nitrogens with one attached hydrogen (secondary N) is 1. The highest BCUT2D eigenvalue weighted by Gasteiger charge is 2.04. The number of pyridine rings is 1. The summed E-state index contributed by atoms with van der Waals surface area (Å²) in [5.41, 5.74) is 4.18. The number of allylic oxidation sites excluding steroid dienone is 3. The Hall–Kier alpha value is -2.23. The number of hydrogen-bond donors (Lipinski definition) is 1. The summed E-state index contributed by atoms with van der Waals surface area (Å²) < 4.78 is 0. The molecule has 0 aliphatic rings. The summed E-state index contributed by atoms with van der Waals surface area (Å²) in [7, 11) is 0. The van der Waals surface area contributed by atoms with Gasteiger partial charge < -0.3 is 4.98 Å². The van der Waals surface area contributed by atoms with Crippen molar-refractivity contribution < 1.29 is 0 Å². The van der Waals surface area contributed by atoms with Gasteiger partial charge in [0.1, 0.15) is 0 Å². The molecule has 4 heteroatoms. The van der Waals surface area contributed by atoms with Crippen LogP contribution in [-0.2, 0) is 0 Å². The first kappa shape index (κ1) is 11.3. The highest BCUT2D eigenvalue weighted by atomic mass is 14.9. The van der Waals surface area contributed by atoms with Gasteiger partial charge in [-0.2, -0.15) is 0 Å². The Bertz CT molecular complexity index is 605. The lowest BCUT2D eigenvalue weighted by atomic mass is 10.1. The van der Waals surface area contributed by atoms with Crippen molar-refractivity contribution in [2.24, 2.45) is 4.99 Å². The molecule has 1 N–H and O–H groups in total.